The fourth-order valence-corrected chi connectivity index (χ4v) is 2.37. The minimum atomic E-state index is -1.65. The Hall–Kier alpha value is -3.11. The minimum Gasteiger partial charge on any atom is -0.507 e. The molecule has 0 bridgehead atoms. The van der Waals surface area contributed by atoms with Crippen LogP contribution in [0.1, 0.15) is 16.7 Å². The summed E-state index contributed by atoms with van der Waals surface area (Å²) in [6.07, 6.45) is 0.629. The van der Waals surface area contributed by atoms with Crippen molar-refractivity contribution in [3.63, 3.8) is 0 Å². The number of nitriles is 1. The summed E-state index contributed by atoms with van der Waals surface area (Å²) in [6, 6.07) is 13.5. The van der Waals surface area contributed by atoms with Gasteiger partial charge < -0.3 is 14.9 Å². The van der Waals surface area contributed by atoms with Gasteiger partial charge in [0.1, 0.15) is 18.1 Å². The Balaban J connectivity index is 2.18. The molecule has 0 aromatic heterocycles. The van der Waals surface area contributed by atoms with E-state index in [2.05, 4.69) is 22.0 Å². The third kappa shape index (κ3) is 4.93. The smallest absolute Gasteiger partial charge is 0.376 e. The predicted octanol–water partition coefficient (Wildman–Crippen LogP) is 3.45. The van der Waals surface area contributed by atoms with Crippen molar-refractivity contribution in [1.82, 2.24) is 0 Å². The zero-order valence-corrected chi connectivity index (χ0v) is 14.4. The van der Waals surface area contributed by atoms with Gasteiger partial charge in [-0.05, 0) is 30.3 Å². The molecule has 0 amide bonds. The summed E-state index contributed by atoms with van der Waals surface area (Å²) in [4.78, 5) is 21.6. The molecule has 0 aliphatic rings. The molecule has 126 valence electrons. The van der Waals surface area contributed by atoms with E-state index in [-0.39, 0.29) is 12.2 Å². The highest BCUT2D eigenvalue weighted by atomic mass is 79.9. The van der Waals surface area contributed by atoms with Crippen molar-refractivity contribution in [3.05, 3.63) is 69.7 Å². The lowest BCUT2D eigenvalue weighted by molar-refractivity contribution is -0.146. The number of rotatable bonds is 6. The predicted molar refractivity (Wildman–Crippen MR) is 92.9 cm³/mol. The number of aliphatic carboxylic acids is 1. The summed E-state index contributed by atoms with van der Waals surface area (Å²) < 4.78 is 6.43. The number of benzene rings is 2. The van der Waals surface area contributed by atoms with E-state index >= 15 is 0 Å². The van der Waals surface area contributed by atoms with Gasteiger partial charge in [0, 0.05) is 21.7 Å². The van der Waals surface area contributed by atoms with Gasteiger partial charge in [0.15, 0.2) is 0 Å². The maximum Gasteiger partial charge on any atom is 0.376 e. The molecule has 2 N–H and O–H groups in total. The molecule has 2 aromatic rings. The highest BCUT2D eigenvalue weighted by Gasteiger charge is 2.11. The van der Waals surface area contributed by atoms with E-state index in [1.807, 2.05) is 0 Å². The van der Waals surface area contributed by atoms with Gasteiger partial charge in [-0.15, -0.1) is 0 Å². The number of carboxylic acid groups (broad SMARTS) is 1. The normalized spacial score (nSPS) is 10.8. The Morgan fingerprint density at radius 1 is 1.20 bits per heavy atom. The molecule has 6 nitrogen and oxygen atoms in total. The first-order chi connectivity index (χ1) is 11.9. The maximum atomic E-state index is 11.1. The maximum absolute atomic E-state index is 11.1. The van der Waals surface area contributed by atoms with Crippen LogP contribution in [-0.2, 0) is 16.2 Å². The molecule has 7 heteroatoms. The Bertz CT molecular complexity index is 899. The van der Waals surface area contributed by atoms with Crippen molar-refractivity contribution in [2.45, 2.75) is 6.61 Å². The molecule has 0 saturated carbocycles. The molecular weight excluding hydrogens is 390 g/mol. The number of nitrogens with zero attached hydrogens (tertiary/aromatic N) is 1. The molecule has 0 heterocycles. The van der Waals surface area contributed by atoms with Gasteiger partial charge in [0.2, 0.25) is 0 Å². The largest absolute Gasteiger partial charge is 0.507 e. The molecule has 0 aliphatic carbocycles. The lowest BCUT2D eigenvalue weighted by Crippen LogP contribution is -2.09. The van der Waals surface area contributed by atoms with Crippen molar-refractivity contribution >= 4 is 33.4 Å². The molecule has 0 saturated heterocycles. The third-order valence-electron chi connectivity index (χ3n) is 3.19. The molecule has 0 unspecified atom stereocenters. The van der Waals surface area contributed by atoms with Crippen molar-refractivity contribution in [2.75, 3.05) is 0 Å². The molecule has 2 aromatic carbocycles. The molecule has 0 atom stereocenters. The summed E-state index contributed by atoms with van der Waals surface area (Å²) in [7, 11) is 0. The van der Waals surface area contributed by atoms with E-state index < -0.39 is 17.5 Å². The van der Waals surface area contributed by atoms with Gasteiger partial charge in [0.05, 0.1) is 11.6 Å². The Kier molecular flexibility index (Phi) is 5.93. The van der Waals surface area contributed by atoms with Crippen LogP contribution < -0.4 is 4.74 Å². The lowest BCUT2D eigenvalue weighted by Gasteiger charge is -2.09. The average Bonchev–Trinajstić information content (AvgIpc) is 2.60. The van der Waals surface area contributed by atoms with Gasteiger partial charge >= 0.3 is 5.97 Å². The summed E-state index contributed by atoms with van der Waals surface area (Å²) >= 11 is 3.33. The second-order valence-corrected chi connectivity index (χ2v) is 5.84. The number of halogens is 1. The van der Waals surface area contributed by atoms with Crippen LogP contribution in [-0.4, -0.2) is 22.0 Å². The number of carbonyl (C=O) groups is 2. The molecule has 0 aliphatic heterocycles. The topological polar surface area (TPSA) is 108 Å². The van der Waals surface area contributed by atoms with Gasteiger partial charge in [0.25, 0.3) is 5.78 Å². The van der Waals surface area contributed by atoms with E-state index in [4.69, 9.17) is 15.1 Å². The second-order valence-electron chi connectivity index (χ2n) is 4.93. The van der Waals surface area contributed by atoms with Crippen LogP contribution >= 0.6 is 15.9 Å². The van der Waals surface area contributed by atoms with E-state index in [0.29, 0.717) is 23.0 Å². The Morgan fingerprint density at radius 3 is 2.64 bits per heavy atom. The quantitative estimate of drug-likeness (QED) is 0.435. The highest BCUT2D eigenvalue weighted by Crippen LogP contribution is 2.22. The standard InChI is InChI=1S/C18H12BrNO5/c19-14-5-4-12(9-20)13(6-14)10-25-15-3-1-2-11(7-15)16(21)8-17(22)18(23)24/h1-8,21H,10H2,(H,23,24). The van der Waals surface area contributed by atoms with Crippen LogP contribution in [0.4, 0.5) is 0 Å². The minimum absolute atomic E-state index is 0.129. The number of ketones is 1. The van der Waals surface area contributed by atoms with Gasteiger partial charge in [-0.2, -0.15) is 5.26 Å². The number of carboxylic acids is 1. The SMILES string of the molecule is N#Cc1ccc(Br)cc1COc1cccc(C(O)=CC(=O)C(=O)O)c1. The van der Waals surface area contributed by atoms with Crippen molar-refractivity contribution in [2.24, 2.45) is 0 Å². The monoisotopic (exact) mass is 401 g/mol. The van der Waals surface area contributed by atoms with Crippen LogP contribution in [0, 0.1) is 11.3 Å². The van der Waals surface area contributed by atoms with Gasteiger partial charge in [-0.25, -0.2) is 4.79 Å². The third-order valence-corrected chi connectivity index (χ3v) is 3.68. The number of hydrogen-bond acceptors (Lipinski definition) is 5. The zero-order chi connectivity index (χ0) is 18.4. The van der Waals surface area contributed by atoms with Crippen LogP contribution in [0.5, 0.6) is 5.75 Å². The van der Waals surface area contributed by atoms with E-state index in [1.165, 1.54) is 12.1 Å². The molecule has 25 heavy (non-hydrogen) atoms. The first-order valence-corrected chi connectivity index (χ1v) is 7.79. The summed E-state index contributed by atoms with van der Waals surface area (Å²) in [5.41, 5.74) is 1.40. The summed E-state index contributed by atoms with van der Waals surface area (Å²) in [5, 5.41) is 27.5. The first-order valence-electron chi connectivity index (χ1n) is 7.00. The number of aliphatic hydroxyl groups is 1. The van der Waals surface area contributed by atoms with Crippen molar-refractivity contribution in [3.8, 4) is 11.8 Å². The molecule has 0 spiro atoms. The second kappa shape index (κ2) is 8.13. The van der Waals surface area contributed by atoms with Crippen molar-refractivity contribution in [1.29, 1.82) is 5.26 Å². The molecular formula is C18H12BrNO5. The van der Waals surface area contributed by atoms with Crippen LogP contribution in [0.2, 0.25) is 0 Å². The first kappa shape index (κ1) is 18.2. The summed E-state index contributed by atoms with van der Waals surface area (Å²) in [5.74, 6) is -2.96. The Morgan fingerprint density at radius 2 is 1.96 bits per heavy atom. The number of carbonyl (C=O) groups excluding carboxylic acids is 1. The highest BCUT2D eigenvalue weighted by molar-refractivity contribution is 9.10. The molecule has 0 fully saturated rings. The molecule has 2 rings (SSSR count). The number of hydrogen-bond donors (Lipinski definition) is 2. The van der Waals surface area contributed by atoms with E-state index in [1.54, 1.807) is 30.3 Å². The lowest BCUT2D eigenvalue weighted by atomic mass is 10.1. The fraction of sp³-hybridized carbons (Fsp3) is 0.0556. The van der Waals surface area contributed by atoms with Crippen molar-refractivity contribution < 1.29 is 24.5 Å². The van der Waals surface area contributed by atoms with Gasteiger partial charge in [-0.1, -0.05) is 28.1 Å². The van der Waals surface area contributed by atoms with Gasteiger partial charge in [-0.3, -0.25) is 4.79 Å². The van der Waals surface area contributed by atoms with E-state index in [9.17, 15) is 14.7 Å². The zero-order valence-electron chi connectivity index (χ0n) is 12.8. The van der Waals surface area contributed by atoms with Crippen LogP contribution in [0.3, 0.4) is 0 Å². The number of aliphatic hydroxyl groups excluding tert-OH is 1. The Labute approximate surface area is 151 Å². The number of ether oxygens (including phenoxy) is 1. The summed E-state index contributed by atoms with van der Waals surface area (Å²) in [6.45, 7) is 0.129. The average molecular weight is 402 g/mol. The van der Waals surface area contributed by atoms with Crippen LogP contribution in [0.25, 0.3) is 5.76 Å². The fourth-order valence-electron chi connectivity index (χ4n) is 1.97. The van der Waals surface area contributed by atoms with Crippen LogP contribution in [0.15, 0.2) is 53.0 Å². The molecule has 0 radical (unpaired) electrons. The van der Waals surface area contributed by atoms with E-state index in [0.717, 1.165) is 4.47 Å².